The van der Waals surface area contributed by atoms with Crippen molar-refractivity contribution in [2.45, 2.75) is 18.5 Å². The number of rotatable bonds is 2. The number of carbonyl (C=O) groups is 2. The predicted molar refractivity (Wildman–Crippen MR) is 73.6 cm³/mol. The fourth-order valence-corrected chi connectivity index (χ4v) is 2.75. The van der Waals surface area contributed by atoms with Gasteiger partial charge >= 0.3 is 5.97 Å². The maximum absolute atomic E-state index is 12.6. The van der Waals surface area contributed by atoms with Crippen molar-refractivity contribution in [2.24, 2.45) is 0 Å². The SMILES string of the molecule is COC(=O)C1=C[C@]2(c3ccccc3)C(=O)NC[C@@H](C)N2O1. The molecule has 2 atom stereocenters. The number of hydrogen-bond acceptors (Lipinski definition) is 5. The van der Waals surface area contributed by atoms with Crippen LogP contribution in [0.5, 0.6) is 0 Å². The molecule has 2 heterocycles. The molecule has 1 N–H and O–H groups in total. The smallest absolute Gasteiger partial charge is 0.375 e. The summed E-state index contributed by atoms with van der Waals surface area (Å²) in [6, 6.07) is 9.16. The highest BCUT2D eigenvalue weighted by Gasteiger charge is 2.56. The van der Waals surface area contributed by atoms with Gasteiger partial charge in [-0.15, -0.1) is 5.06 Å². The first kappa shape index (κ1) is 13.6. The van der Waals surface area contributed by atoms with Crippen molar-refractivity contribution in [1.82, 2.24) is 10.4 Å². The van der Waals surface area contributed by atoms with Crippen LogP contribution in [-0.4, -0.2) is 36.6 Å². The van der Waals surface area contributed by atoms with Crippen LogP contribution in [0.1, 0.15) is 12.5 Å². The molecule has 0 bridgehead atoms. The number of fused-ring (bicyclic) bond motifs is 1. The number of methoxy groups -OCH3 is 1. The van der Waals surface area contributed by atoms with E-state index in [-0.39, 0.29) is 17.7 Å². The highest BCUT2D eigenvalue weighted by atomic mass is 16.7. The van der Waals surface area contributed by atoms with Crippen molar-refractivity contribution in [3.63, 3.8) is 0 Å². The van der Waals surface area contributed by atoms with Gasteiger partial charge in [-0.3, -0.25) is 4.79 Å². The summed E-state index contributed by atoms with van der Waals surface area (Å²) in [6.45, 7) is 2.38. The zero-order valence-electron chi connectivity index (χ0n) is 11.8. The minimum atomic E-state index is -1.14. The summed E-state index contributed by atoms with van der Waals surface area (Å²) in [5.41, 5.74) is -0.393. The maximum Gasteiger partial charge on any atom is 0.375 e. The lowest BCUT2D eigenvalue weighted by molar-refractivity contribution is -0.204. The molecule has 0 spiro atoms. The molecule has 0 unspecified atom stereocenters. The summed E-state index contributed by atoms with van der Waals surface area (Å²) in [4.78, 5) is 30.0. The number of hydrogen-bond donors (Lipinski definition) is 1. The molecule has 6 heteroatoms. The first-order valence-electron chi connectivity index (χ1n) is 6.72. The van der Waals surface area contributed by atoms with Crippen LogP contribution < -0.4 is 5.32 Å². The van der Waals surface area contributed by atoms with Crippen LogP contribution in [0.15, 0.2) is 42.2 Å². The fraction of sp³-hybridized carbons (Fsp3) is 0.333. The lowest BCUT2D eigenvalue weighted by Gasteiger charge is -2.42. The van der Waals surface area contributed by atoms with E-state index >= 15 is 0 Å². The van der Waals surface area contributed by atoms with E-state index < -0.39 is 11.5 Å². The Morgan fingerprint density at radius 1 is 1.43 bits per heavy atom. The van der Waals surface area contributed by atoms with Gasteiger partial charge in [-0.05, 0) is 12.5 Å². The molecule has 0 aliphatic carbocycles. The third kappa shape index (κ3) is 1.91. The van der Waals surface area contributed by atoms with Gasteiger partial charge in [-0.1, -0.05) is 30.3 Å². The monoisotopic (exact) mass is 288 g/mol. The minimum Gasteiger partial charge on any atom is -0.463 e. The fourth-order valence-electron chi connectivity index (χ4n) is 2.75. The average Bonchev–Trinajstić information content (AvgIpc) is 2.94. The van der Waals surface area contributed by atoms with Crippen LogP contribution in [0.3, 0.4) is 0 Å². The standard InChI is InChI=1S/C15H16N2O4/c1-10-9-16-14(19)15(11-6-4-3-5-7-11)8-12(13(18)20-2)21-17(10)15/h3-8,10H,9H2,1-2H3,(H,16,19)/t10-,15+/m1/s1. The number of hydroxylamine groups is 2. The molecule has 110 valence electrons. The van der Waals surface area contributed by atoms with Crippen molar-refractivity contribution < 1.29 is 19.2 Å². The normalized spacial score (nSPS) is 28.2. The van der Waals surface area contributed by atoms with Crippen LogP contribution in [0, 0.1) is 0 Å². The molecule has 21 heavy (non-hydrogen) atoms. The van der Waals surface area contributed by atoms with E-state index in [9.17, 15) is 9.59 Å². The highest BCUT2D eigenvalue weighted by molar-refractivity contribution is 5.95. The van der Waals surface area contributed by atoms with Gasteiger partial charge in [0, 0.05) is 12.6 Å². The molecule has 3 rings (SSSR count). The quantitative estimate of drug-likeness (QED) is 0.812. The molecule has 0 aromatic heterocycles. The van der Waals surface area contributed by atoms with Gasteiger partial charge in [0.25, 0.3) is 5.91 Å². The number of ether oxygens (including phenoxy) is 1. The summed E-state index contributed by atoms with van der Waals surface area (Å²) in [6.07, 6.45) is 1.53. The second-order valence-corrected chi connectivity index (χ2v) is 5.11. The Morgan fingerprint density at radius 2 is 2.14 bits per heavy atom. The molecular formula is C15H16N2O4. The van der Waals surface area contributed by atoms with Crippen molar-refractivity contribution in [1.29, 1.82) is 0 Å². The van der Waals surface area contributed by atoms with E-state index in [0.717, 1.165) is 5.56 Å². The van der Waals surface area contributed by atoms with E-state index in [0.29, 0.717) is 6.54 Å². The molecule has 0 saturated carbocycles. The topological polar surface area (TPSA) is 67.9 Å². The van der Waals surface area contributed by atoms with Crippen LogP contribution in [0.25, 0.3) is 0 Å². The van der Waals surface area contributed by atoms with Crippen molar-refractivity contribution in [3.05, 3.63) is 47.7 Å². The van der Waals surface area contributed by atoms with Crippen LogP contribution in [0.4, 0.5) is 0 Å². The summed E-state index contributed by atoms with van der Waals surface area (Å²) >= 11 is 0. The van der Waals surface area contributed by atoms with Gasteiger partial charge in [0.05, 0.1) is 13.2 Å². The molecule has 1 fully saturated rings. The third-order valence-electron chi connectivity index (χ3n) is 3.79. The highest BCUT2D eigenvalue weighted by Crippen LogP contribution is 2.41. The number of nitrogens with zero attached hydrogens (tertiary/aromatic N) is 1. The Kier molecular flexibility index (Phi) is 3.17. The van der Waals surface area contributed by atoms with Gasteiger partial charge < -0.3 is 14.9 Å². The van der Waals surface area contributed by atoms with E-state index in [1.165, 1.54) is 13.2 Å². The lowest BCUT2D eigenvalue weighted by atomic mass is 9.85. The third-order valence-corrected chi connectivity index (χ3v) is 3.79. The van der Waals surface area contributed by atoms with E-state index in [1.54, 1.807) is 5.06 Å². The van der Waals surface area contributed by atoms with E-state index in [2.05, 4.69) is 5.32 Å². The van der Waals surface area contributed by atoms with E-state index in [1.807, 2.05) is 37.3 Å². The van der Waals surface area contributed by atoms with Crippen LogP contribution in [0.2, 0.25) is 0 Å². The molecule has 6 nitrogen and oxygen atoms in total. The number of benzene rings is 1. The molecule has 1 aromatic rings. The van der Waals surface area contributed by atoms with Crippen molar-refractivity contribution in [3.8, 4) is 0 Å². The first-order valence-corrected chi connectivity index (χ1v) is 6.72. The Hall–Kier alpha value is -2.34. The molecule has 1 saturated heterocycles. The number of amides is 1. The minimum absolute atomic E-state index is 0.0326. The van der Waals surface area contributed by atoms with Crippen molar-refractivity contribution >= 4 is 11.9 Å². The van der Waals surface area contributed by atoms with E-state index in [4.69, 9.17) is 9.57 Å². The van der Waals surface area contributed by atoms with Crippen molar-refractivity contribution in [2.75, 3.05) is 13.7 Å². The Bertz CT molecular complexity index is 613. The predicted octanol–water partition coefficient (Wildman–Crippen LogP) is 0.704. The molecular weight excluding hydrogens is 272 g/mol. The largest absolute Gasteiger partial charge is 0.463 e. The Morgan fingerprint density at radius 3 is 2.81 bits per heavy atom. The maximum atomic E-state index is 12.6. The first-order chi connectivity index (χ1) is 10.1. The summed E-state index contributed by atoms with van der Waals surface area (Å²) < 4.78 is 4.70. The molecule has 0 radical (unpaired) electrons. The molecule has 1 amide bonds. The van der Waals surface area contributed by atoms with Gasteiger partial charge in [0.15, 0.2) is 5.54 Å². The zero-order valence-corrected chi connectivity index (χ0v) is 11.8. The van der Waals surface area contributed by atoms with Gasteiger partial charge in [0.2, 0.25) is 5.76 Å². The van der Waals surface area contributed by atoms with Crippen LogP contribution >= 0.6 is 0 Å². The lowest BCUT2D eigenvalue weighted by Crippen LogP contribution is -2.63. The zero-order chi connectivity index (χ0) is 15.0. The Balaban J connectivity index is 2.15. The molecule has 2 aliphatic heterocycles. The van der Waals surface area contributed by atoms with Gasteiger partial charge in [-0.2, -0.15) is 0 Å². The molecule has 2 aliphatic rings. The number of piperazine rings is 1. The Labute approximate surface area is 122 Å². The van der Waals surface area contributed by atoms with Crippen LogP contribution in [-0.2, 0) is 24.7 Å². The average molecular weight is 288 g/mol. The summed E-state index contributed by atoms with van der Waals surface area (Å²) in [5, 5.41) is 4.43. The summed E-state index contributed by atoms with van der Waals surface area (Å²) in [5.74, 6) is -0.782. The number of nitrogens with one attached hydrogen (secondary N) is 1. The second-order valence-electron chi connectivity index (χ2n) is 5.11. The number of carbonyl (C=O) groups excluding carboxylic acids is 2. The number of esters is 1. The summed E-state index contributed by atoms with van der Waals surface area (Å²) in [7, 11) is 1.28. The molecule has 1 aromatic carbocycles. The van der Waals surface area contributed by atoms with Gasteiger partial charge in [-0.25, -0.2) is 4.79 Å². The second kappa shape index (κ2) is 4.89. The van der Waals surface area contributed by atoms with Gasteiger partial charge in [0.1, 0.15) is 0 Å².